The van der Waals surface area contributed by atoms with Crippen molar-refractivity contribution in [1.29, 1.82) is 0 Å². The van der Waals surface area contributed by atoms with Gasteiger partial charge in [-0.1, -0.05) is 55.5 Å². The molecular formula is C36H34N2O6. The topological polar surface area (TPSA) is 96.0 Å². The van der Waals surface area contributed by atoms with Crippen molar-refractivity contribution < 1.29 is 28.5 Å². The molecule has 0 amide bonds. The van der Waals surface area contributed by atoms with Crippen molar-refractivity contribution in [3.63, 3.8) is 0 Å². The molecule has 4 aromatic carbocycles. The van der Waals surface area contributed by atoms with Crippen LogP contribution in [-0.4, -0.2) is 34.3 Å². The first-order valence-electron chi connectivity index (χ1n) is 14.6. The molecule has 2 heterocycles. The number of methoxy groups -OCH3 is 1. The molecule has 44 heavy (non-hydrogen) atoms. The highest BCUT2D eigenvalue weighted by Gasteiger charge is 2.18. The fourth-order valence-corrected chi connectivity index (χ4v) is 5.35. The van der Waals surface area contributed by atoms with Gasteiger partial charge in [-0.25, -0.2) is 4.98 Å². The number of para-hydroxylation sites is 1. The van der Waals surface area contributed by atoms with E-state index in [0.717, 1.165) is 44.4 Å². The van der Waals surface area contributed by atoms with Gasteiger partial charge in [0.25, 0.3) is 0 Å². The van der Waals surface area contributed by atoms with Crippen molar-refractivity contribution in [3.05, 3.63) is 108 Å². The quantitative estimate of drug-likeness (QED) is 0.155. The summed E-state index contributed by atoms with van der Waals surface area (Å²) in [6, 6.07) is 30.0. The van der Waals surface area contributed by atoms with Gasteiger partial charge in [0.1, 0.15) is 23.8 Å². The average Bonchev–Trinajstić information content (AvgIpc) is 3.58. The van der Waals surface area contributed by atoms with Crippen LogP contribution in [-0.2, 0) is 17.9 Å². The number of aromatic nitrogens is 2. The third-order valence-electron chi connectivity index (χ3n) is 7.84. The van der Waals surface area contributed by atoms with E-state index in [-0.39, 0.29) is 6.61 Å². The monoisotopic (exact) mass is 590 g/mol. The maximum Gasteiger partial charge on any atom is 0.306 e. The average molecular weight is 591 g/mol. The molecule has 1 atom stereocenters. The molecule has 8 nitrogen and oxygen atoms in total. The molecule has 0 saturated carbocycles. The molecule has 1 unspecified atom stereocenters. The summed E-state index contributed by atoms with van der Waals surface area (Å²) in [5.41, 5.74) is 4.80. The second-order valence-corrected chi connectivity index (χ2v) is 10.8. The molecule has 0 saturated heterocycles. The Morgan fingerprint density at radius 3 is 2.48 bits per heavy atom. The molecule has 6 aromatic rings. The number of nitrogens with zero attached hydrogens (tertiary/aromatic N) is 2. The molecule has 224 valence electrons. The van der Waals surface area contributed by atoms with Gasteiger partial charge in [-0.05, 0) is 61.4 Å². The van der Waals surface area contributed by atoms with E-state index < -0.39 is 11.9 Å². The fraction of sp³-hybridized carbons (Fsp3) is 0.222. The number of fused-ring (bicyclic) bond motifs is 3. The molecule has 6 rings (SSSR count). The second-order valence-electron chi connectivity index (χ2n) is 10.8. The van der Waals surface area contributed by atoms with Crippen LogP contribution >= 0.6 is 0 Å². The lowest BCUT2D eigenvalue weighted by Gasteiger charge is -2.13. The highest BCUT2D eigenvalue weighted by molar-refractivity contribution is 6.11. The summed E-state index contributed by atoms with van der Waals surface area (Å²) in [5.74, 6) is 1.99. The molecule has 0 aliphatic carbocycles. The molecule has 0 bridgehead atoms. The Labute approximate surface area is 255 Å². The number of ether oxygens (including phenoxy) is 3. The maximum atomic E-state index is 11.3. The smallest absolute Gasteiger partial charge is 0.306 e. The lowest BCUT2D eigenvalue weighted by Crippen LogP contribution is -2.13. The number of carboxylic acids is 1. The van der Waals surface area contributed by atoms with Crippen LogP contribution in [0.2, 0.25) is 0 Å². The molecule has 0 spiro atoms. The van der Waals surface area contributed by atoms with Crippen molar-refractivity contribution in [2.75, 3.05) is 13.7 Å². The van der Waals surface area contributed by atoms with Gasteiger partial charge in [-0.15, -0.1) is 0 Å². The Bertz CT molecular complexity index is 1920. The zero-order chi connectivity index (χ0) is 30.6. The first kappa shape index (κ1) is 28.9. The number of carbonyl (C=O) groups is 1. The van der Waals surface area contributed by atoms with E-state index in [9.17, 15) is 9.90 Å². The van der Waals surface area contributed by atoms with Crippen LogP contribution in [0.25, 0.3) is 33.3 Å². The van der Waals surface area contributed by atoms with Crippen LogP contribution in [0.1, 0.15) is 30.4 Å². The van der Waals surface area contributed by atoms with Crippen molar-refractivity contribution in [2.45, 2.75) is 33.4 Å². The Balaban J connectivity index is 1.24. The Morgan fingerprint density at radius 1 is 0.909 bits per heavy atom. The lowest BCUT2D eigenvalue weighted by molar-refractivity contribution is -0.141. The van der Waals surface area contributed by atoms with E-state index in [2.05, 4.69) is 27.8 Å². The summed E-state index contributed by atoms with van der Waals surface area (Å²) >= 11 is 0. The van der Waals surface area contributed by atoms with Gasteiger partial charge in [0.15, 0.2) is 11.5 Å². The van der Waals surface area contributed by atoms with Crippen LogP contribution in [0.5, 0.6) is 17.2 Å². The van der Waals surface area contributed by atoms with Crippen LogP contribution in [0.3, 0.4) is 0 Å². The minimum Gasteiger partial charge on any atom is -0.493 e. The molecule has 1 N–H and O–H groups in total. The number of oxazole rings is 1. The predicted octanol–water partition coefficient (Wildman–Crippen LogP) is 7.88. The van der Waals surface area contributed by atoms with E-state index in [1.54, 1.807) is 14.0 Å². The predicted molar refractivity (Wildman–Crippen MR) is 169 cm³/mol. The van der Waals surface area contributed by atoms with E-state index in [1.165, 1.54) is 0 Å². The summed E-state index contributed by atoms with van der Waals surface area (Å²) in [4.78, 5) is 15.9. The second kappa shape index (κ2) is 12.6. The molecule has 0 aliphatic rings. The van der Waals surface area contributed by atoms with Gasteiger partial charge in [0.05, 0.1) is 25.2 Å². The van der Waals surface area contributed by atoms with Crippen molar-refractivity contribution >= 4 is 27.8 Å². The summed E-state index contributed by atoms with van der Waals surface area (Å²) in [5, 5.41) is 11.3. The number of benzene rings is 4. The highest BCUT2D eigenvalue weighted by atomic mass is 16.5. The molecular weight excluding hydrogens is 556 g/mol. The SMILES string of the molecule is COc1cc(Cn2c3ccccc3c3c(OCCC(C)C(=O)O)cccc32)ccc1OCc1nc(-c2ccccc2)oc1C. The van der Waals surface area contributed by atoms with Gasteiger partial charge in [-0.2, -0.15) is 0 Å². The summed E-state index contributed by atoms with van der Waals surface area (Å²) < 4.78 is 26.2. The van der Waals surface area contributed by atoms with Crippen molar-refractivity contribution in [1.82, 2.24) is 9.55 Å². The summed E-state index contributed by atoms with van der Waals surface area (Å²) in [6.07, 6.45) is 0.434. The first-order valence-corrected chi connectivity index (χ1v) is 14.6. The minimum absolute atomic E-state index is 0.249. The molecule has 0 radical (unpaired) electrons. The maximum absolute atomic E-state index is 11.3. The van der Waals surface area contributed by atoms with E-state index in [4.69, 9.17) is 18.6 Å². The third kappa shape index (κ3) is 5.83. The zero-order valence-corrected chi connectivity index (χ0v) is 24.9. The number of aryl methyl sites for hydroxylation is 1. The number of hydrogen-bond donors (Lipinski definition) is 1. The van der Waals surface area contributed by atoms with Crippen molar-refractivity contribution in [3.8, 4) is 28.7 Å². The van der Waals surface area contributed by atoms with Crippen LogP contribution < -0.4 is 14.2 Å². The van der Waals surface area contributed by atoms with Gasteiger partial charge in [0.2, 0.25) is 5.89 Å². The van der Waals surface area contributed by atoms with Gasteiger partial charge in [0, 0.05) is 28.4 Å². The summed E-state index contributed by atoms with van der Waals surface area (Å²) in [6.45, 7) is 4.76. The third-order valence-corrected chi connectivity index (χ3v) is 7.84. The molecule has 2 aromatic heterocycles. The lowest BCUT2D eigenvalue weighted by atomic mass is 10.1. The Morgan fingerprint density at radius 2 is 1.68 bits per heavy atom. The molecule has 0 aliphatic heterocycles. The Kier molecular flexibility index (Phi) is 8.23. The zero-order valence-electron chi connectivity index (χ0n) is 24.9. The van der Waals surface area contributed by atoms with Crippen LogP contribution in [0.15, 0.2) is 95.4 Å². The normalized spacial score (nSPS) is 12.0. The number of rotatable bonds is 12. The van der Waals surface area contributed by atoms with E-state index in [0.29, 0.717) is 42.7 Å². The van der Waals surface area contributed by atoms with Crippen LogP contribution in [0.4, 0.5) is 0 Å². The number of hydrogen-bond acceptors (Lipinski definition) is 6. The molecule has 8 heteroatoms. The van der Waals surface area contributed by atoms with E-state index >= 15 is 0 Å². The molecule has 0 fully saturated rings. The number of aliphatic carboxylic acids is 1. The standard InChI is InChI=1S/C36H34N2O6/c1-23(36(39)40)18-19-42-32-15-9-14-30-34(32)27-12-7-8-13-29(27)38(30)21-25-16-17-31(33(20-25)41-3)43-22-28-24(2)44-35(37-28)26-10-5-4-6-11-26/h4-17,20,23H,18-19,21-22H2,1-3H3,(H,39,40). The van der Waals surface area contributed by atoms with Gasteiger partial charge < -0.3 is 28.3 Å². The van der Waals surface area contributed by atoms with Gasteiger partial charge >= 0.3 is 5.97 Å². The minimum atomic E-state index is -0.819. The highest BCUT2D eigenvalue weighted by Crippen LogP contribution is 2.37. The summed E-state index contributed by atoms with van der Waals surface area (Å²) in [7, 11) is 1.64. The number of carboxylic acid groups (broad SMARTS) is 1. The van der Waals surface area contributed by atoms with E-state index in [1.807, 2.05) is 79.7 Å². The van der Waals surface area contributed by atoms with Crippen molar-refractivity contribution in [2.24, 2.45) is 5.92 Å². The van der Waals surface area contributed by atoms with Crippen LogP contribution in [0, 0.1) is 12.8 Å². The fourth-order valence-electron chi connectivity index (χ4n) is 5.35. The first-order chi connectivity index (χ1) is 21.4. The van der Waals surface area contributed by atoms with Gasteiger partial charge in [-0.3, -0.25) is 4.79 Å². The largest absolute Gasteiger partial charge is 0.493 e. The Hall–Kier alpha value is -5.24.